The molecular weight excluding hydrogens is 432 g/mol. The van der Waals surface area contributed by atoms with E-state index in [0.717, 1.165) is 16.7 Å². The maximum atomic E-state index is 13.1. The number of carbonyl (C=O) groups excluding carboxylic acids is 2. The predicted molar refractivity (Wildman–Crippen MR) is 121 cm³/mol. The van der Waals surface area contributed by atoms with E-state index in [4.69, 9.17) is 9.47 Å². The molecule has 0 spiro atoms. The van der Waals surface area contributed by atoms with Gasteiger partial charge in [-0.05, 0) is 55.2 Å². The van der Waals surface area contributed by atoms with Crippen molar-refractivity contribution < 1.29 is 27.5 Å². The highest BCUT2D eigenvalue weighted by atomic mass is 32.2. The number of ether oxygens (including phenoxy) is 2. The van der Waals surface area contributed by atoms with Crippen LogP contribution in [-0.2, 0) is 26.2 Å². The number of aryl methyl sites for hydroxylation is 2. The van der Waals surface area contributed by atoms with Gasteiger partial charge in [-0.25, -0.2) is 12.7 Å². The van der Waals surface area contributed by atoms with Crippen LogP contribution >= 0.6 is 0 Å². The molecule has 0 fully saturated rings. The average molecular weight is 459 g/mol. The van der Waals surface area contributed by atoms with E-state index in [-0.39, 0.29) is 17.0 Å². The topological polar surface area (TPSA) is 102 Å². The molecule has 2 aromatic rings. The van der Waals surface area contributed by atoms with Gasteiger partial charge in [-0.2, -0.15) is 0 Å². The molecule has 0 atom stereocenters. The number of nitrogens with one attached hydrogen (secondary N) is 1. The Kier molecular flexibility index (Phi) is 6.59. The van der Waals surface area contributed by atoms with E-state index in [1.54, 1.807) is 30.3 Å². The molecule has 0 radical (unpaired) electrons. The van der Waals surface area contributed by atoms with Crippen molar-refractivity contribution >= 4 is 26.7 Å². The molecule has 170 valence electrons. The Morgan fingerprint density at radius 1 is 0.969 bits per heavy atom. The third kappa shape index (κ3) is 4.34. The van der Waals surface area contributed by atoms with E-state index in [1.807, 2.05) is 19.9 Å². The number of benzene rings is 2. The third-order valence-electron chi connectivity index (χ3n) is 5.43. The number of amides is 2. The Labute approximate surface area is 187 Å². The van der Waals surface area contributed by atoms with E-state index in [1.165, 1.54) is 21.1 Å². The molecule has 0 saturated carbocycles. The van der Waals surface area contributed by atoms with Gasteiger partial charge in [0.1, 0.15) is 11.4 Å². The summed E-state index contributed by atoms with van der Waals surface area (Å²) < 4.78 is 37.3. The van der Waals surface area contributed by atoms with Crippen LogP contribution in [0.15, 0.2) is 42.0 Å². The largest absolute Gasteiger partial charge is 0.493 e. The van der Waals surface area contributed by atoms with E-state index in [2.05, 4.69) is 5.32 Å². The van der Waals surface area contributed by atoms with Crippen LogP contribution < -0.4 is 14.8 Å². The standard InChI is InChI=1S/C23H26N2O6S/c1-14-6-8-18(10-15(14)2)22-16(3)23(27)25(32(22,28)29)13-21(26)24-12-17-7-9-19(30-4)20(11-17)31-5/h6-11H,12-13H2,1-5H3,(H,24,26). The van der Waals surface area contributed by atoms with Crippen LogP contribution in [0, 0.1) is 13.8 Å². The van der Waals surface area contributed by atoms with Crippen LogP contribution in [0.5, 0.6) is 11.5 Å². The van der Waals surface area contributed by atoms with Gasteiger partial charge >= 0.3 is 0 Å². The fourth-order valence-corrected chi connectivity index (χ4v) is 5.24. The van der Waals surface area contributed by atoms with Gasteiger partial charge in [0.05, 0.1) is 14.2 Å². The molecular formula is C23H26N2O6S. The molecule has 8 nitrogen and oxygen atoms in total. The highest BCUT2D eigenvalue weighted by molar-refractivity contribution is 7.99. The zero-order valence-corrected chi connectivity index (χ0v) is 19.5. The number of sulfonamides is 1. The first-order valence-corrected chi connectivity index (χ1v) is 11.4. The summed E-state index contributed by atoms with van der Waals surface area (Å²) in [6.45, 7) is 4.80. The number of carbonyl (C=O) groups is 2. The van der Waals surface area contributed by atoms with Gasteiger partial charge in [-0.15, -0.1) is 0 Å². The minimum absolute atomic E-state index is 0.0571. The summed E-state index contributed by atoms with van der Waals surface area (Å²) in [5, 5.41) is 2.65. The molecule has 0 saturated heterocycles. The molecule has 1 aliphatic rings. The summed E-state index contributed by atoms with van der Waals surface area (Å²) >= 11 is 0. The predicted octanol–water partition coefficient (Wildman–Crippen LogP) is 2.54. The van der Waals surface area contributed by atoms with E-state index in [9.17, 15) is 18.0 Å². The molecule has 1 N–H and O–H groups in total. The van der Waals surface area contributed by atoms with Crippen molar-refractivity contribution in [3.8, 4) is 11.5 Å². The molecule has 0 aromatic heterocycles. The van der Waals surface area contributed by atoms with Crippen LogP contribution in [0.1, 0.15) is 29.2 Å². The molecule has 2 amide bonds. The summed E-state index contributed by atoms with van der Waals surface area (Å²) in [5.41, 5.74) is 3.20. The number of nitrogens with zero attached hydrogens (tertiary/aromatic N) is 1. The van der Waals surface area contributed by atoms with Gasteiger partial charge in [0.15, 0.2) is 11.5 Å². The van der Waals surface area contributed by atoms with Crippen LogP contribution in [0.4, 0.5) is 0 Å². The van der Waals surface area contributed by atoms with Crippen molar-refractivity contribution in [1.82, 2.24) is 9.62 Å². The number of hydrogen-bond donors (Lipinski definition) is 1. The monoisotopic (exact) mass is 458 g/mol. The number of methoxy groups -OCH3 is 2. The molecule has 2 aromatic carbocycles. The van der Waals surface area contributed by atoms with Crippen molar-refractivity contribution in [2.24, 2.45) is 0 Å². The van der Waals surface area contributed by atoms with E-state index >= 15 is 0 Å². The fraction of sp³-hybridized carbons (Fsp3) is 0.304. The molecule has 1 heterocycles. The molecule has 1 aliphatic heterocycles. The van der Waals surface area contributed by atoms with Crippen LogP contribution in [0.3, 0.4) is 0 Å². The highest BCUT2D eigenvalue weighted by Gasteiger charge is 2.43. The van der Waals surface area contributed by atoms with Crippen molar-refractivity contribution in [2.75, 3.05) is 20.8 Å². The Bertz CT molecular complexity index is 1220. The minimum atomic E-state index is -4.14. The Balaban J connectivity index is 1.75. The highest BCUT2D eigenvalue weighted by Crippen LogP contribution is 2.36. The Hall–Kier alpha value is -3.33. The molecule has 0 aliphatic carbocycles. The zero-order chi connectivity index (χ0) is 23.6. The summed E-state index contributed by atoms with van der Waals surface area (Å²) in [6.07, 6.45) is 0. The van der Waals surface area contributed by atoms with Crippen molar-refractivity contribution in [3.05, 3.63) is 64.2 Å². The smallest absolute Gasteiger partial charge is 0.268 e. The Morgan fingerprint density at radius 2 is 1.66 bits per heavy atom. The third-order valence-corrected chi connectivity index (χ3v) is 7.36. The van der Waals surface area contributed by atoms with Crippen LogP contribution in [-0.4, -0.2) is 45.3 Å². The second kappa shape index (κ2) is 9.04. The lowest BCUT2D eigenvalue weighted by Crippen LogP contribution is -2.40. The Morgan fingerprint density at radius 3 is 2.28 bits per heavy atom. The van der Waals surface area contributed by atoms with Gasteiger partial charge in [0, 0.05) is 12.1 Å². The van der Waals surface area contributed by atoms with Crippen molar-refractivity contribution in [2.45, 2.75) is 27.3 Å². The molecule has 9 heteroatoms. The van der Waals surface area contributed by atoms with Crippen molar-refractivity contribution in [1.29, 1.82) is 0 Å². The van der Waals surface area contributed by atoms with Gasteiger partial charge in [-0.1, -0.05) is 24.3 Å². The van der Waals surface area contributed by atoms with Gasteiger partial charge < -0.3 is 14.8 Å². The van der Waals surface area contributed by atoms with E-state index < -0.39 is 28.4 Å². The SMILES string of the molecule is COc1ccc(CNC(=O)CN2C(=O)C(C)=C(c3ccc(C)c(C)c3)S2(=O)=O)cc1OC. The second-order valence-electron chi connectivity index (χ2n) is 7.54. The summed E-state index contributed by atoms with van der Waals surface area (Å²) in [5.74, 6) is -0.225. The fourth-order valence-electron chi connectivity index (χ4n) is 3.48. The maximum Gasteiger partial charge on any atom is 0.268 e. The summed E-state index contributed by atoms with van der Waals surface area (Å²) in [7, 11) is -1.11. The number of hydrogen-bond acceptors (Lipinski definition) is 6. The second-order valence-corrected chi connectivity index (χ2v) is 9.34. The summed E-state index contributed by atoms with van der Waals surface area (Å²) in [6, 6.07) is 10.4. The van der Waals surface area contributed by atoms with Gasteiger partial charge in [-0.3, -0.25) is 9.59 Å². The minimum Gasteiger partial charge on any atom is -0.493 e. The quantitative estimate of drug-likeness (QED) is 0.684. The first-order chi connectivity index (χ1) is 15.1. The summed E-state index contributed by atoms with van der Waals surface area (Å²) in [4.78, 5) is 25.1. The van der Waals surface area contributed by atoms with Crippen LogP contribution in [0.25, 0.3) is 4.91 Å². The average Bonchev–Trinajstić information content (AvgIpc) is 2.93. The van der Waals surface area contributed by atoms with Crippen LogP contribution in [0.2, 0.25) is 0 Å². The normalized spacial score (nSPS) is 15.2. The number of rotatable bonds is 7. The van der Waals surface area contributed by atoms with Gasteiger partial charge in [0.2, 0.25) is 5.91 Å². The van der Waals surface area contributed by atoms with E-state index in [0.29, 0.717) is 21.4 Å². The first kappa shape index (κ1) is 23.3. The molecule has 0 unspecified atom stereocenters. The zero-order valence-electron chi connectivity index (χ0n) is 18.7. The lowest BCUT2D eigenvalue weighted by molar-refractivity contribution is -0.128. The van der Waals surface area contributed by atoms with Crippen molar-refractivity contribution in [3.63, 3.8) is 0 Å². The first-order valence-electron chi connectivity index (χ1n) is 9.93. The lowest BCUT2D eigenvalue weighted by Gasteiger charge is -2.17. The van der Waals surface area contributed by atoms with Gasteiger partial charge in [0.25, 0.3) is 15.9 Å². The molecule has 0 bridgehead atoms. The maximum absolute atomic E-state index is 13.1. The lowest BCUT2D eigenvalue weighted by atomic mass is 10.0. The molecule has 3 rings (SSSR count). The molecule has 32 heavy (non-hydrogen) atoms.